The molecule has 246 valence electrons. The fourth-order valence-electron chi connectivity index (χ4n) is 6.99. The zero-order chi connectivity index (χ0) is 32.7. The van der Waals surface area contributed by atoms with Crippen molar-refractivity contribution in [2.45, 2.75) is 149 Å². The first kappa shape index (κ1) is 35.0. The Morgan fingerprint density at radius 3 is 2.30 bits per heavy atom. The van der Waals surface area contributed by atoms with E-state index in [4.69, 9.17) is 23.2 Å². The van der Waals surface area contributed by atoms with Crippen molar-refractivity contribution in [1.29, 1.82) is 0 Å². The third-order valence-corrected chi connectivity index (χ3v) is 15.2. The lowest BCUT2D eigenvalue weighted by molar-refractivity contribution is -0.199. The second-order valence-electron chi connectivity index (χ2n) is 16.5. The van der Waals surface area contributed by atoms with Crippen LogP contribution in [0.15, 0.2) is 30.3 Å². The first-order valence-corrected chi connectivity index (χ1v) is 19.3. The van der Waals surface area contributed by atoms with Crippen LogP contribution in [0, 0.1) is 17.3 Å². The third kappa shape index (κ3) is 7.91. The van der Waals surface area contributed by atoms with E-state index in [0.29, 0.717) is 24.7 Å². The molecule has 0 radical (unpaired) electrons. The van der Waals surface area contributed by atoms with E-state index in [9.17, 15) is 9.59 Å². The number of carbonyl (C=O) groups excluding carboxylic acids is 2. The van der Waals surface area contributed by atoms with Crippen molar-refractivity contribution < 1.29 is 32.8 Å². The Balaban J connectivity index is 1.51. The molecular formula is C34H56BNO7Si. The smallest absolute Gasteiger partial charge is 0.460 e. The fourth-order valence-corrected chi connectivity index (χ4v) is 8.38. The van der Waals surface area contributed by atoms with Gasteiger partial charge in [0.05, 0.1) is 30.2 Å². The molecule has 4 fully saturated rings. The van der Waals surface area contributed by atoms with Gasteiger partial charge in [0.25, 0.3) is 0 Å². The molecule has 1 aliphatic heterocycles. The Hall–Kier alpha value is -1.88. The maximum atomic E-state index is 13.1. The Labute approximate surface area is 266 Å². The van der Waals surface area contributed by atoms with Gasteiger partial charge in [0, 0.05) is 0 Å². The van der Waals surface area contributed by atoms with Gasteiger partial charge in [0.1, 0.15) is 12.2 Å². The normalized spacial score (nSPS) is 27.5. The van der Waals surface area contributed by atoms with Gasteiger partial charge in [-0.05, 0) is 94.3 Å². The van der Waals surface area contributed by atoms with E-state index in [1.807, 2.05) is 51.1 Å². The van der Waals surface area contributed by atoms with Gasteiger partial charge >= 0.3 is 19.2 Å². The molecule has 4 aliphatic rings. The average Bonchev–Trinajstić information content (AvgIpc) is 3.25. The highest BCUT2D eigenvalue weighted by molar-refractivity contribution is 6.74. The zero-order valence-electron chi connectivity index (χ0n) is 29.0. The number of alkyl carbamates (subject to hydrolysis) is 1. The molecule has 2 bridgehead atoms. The van der Waals surface area contributed by atoms with Gasteiger partial charge in [-0.25, -0.2) is 4.79 Å². The number of nitrogens with one attached hydrogen (secondary N) is 1. The van der Waals surface area contributed by atoms with Crippen molar-refractivity contribution in [1.82, 2.24) is 5.32 Å². The zero-order valence-corrected chi connectivity index (χ0v) is 30.0. The Bertz CT molecular complexity index is 1160. The van der Waals surface area contributed by atoms with Crippen LogP contribution in [0.4, 0.5) is 4.79 Å². The third-order valence-electron chi connectivity index (χ3n) is 10.7. The molecule has 0 aromatic heterocycles. The molecule has 8 nitrogen and oxygen atoms in total. The molecule has 1 heterocycles. The highest BCUT2D eigenvalue weighted by Gasteiger charge is 2.68. The largest absolute Gasteiger partial charge is 0.481 e. The summed E-state index contributed by atoms with van der Waals surface area (Å²) in [7, 11) is -2.84. The molecule has 44 heavy (non-hydrogen) atoms. The van der Waals surface area contributed by atoms with Crippen molar-refractivity contribution in [3.63, 3.8) is 0 Å². The van der Waals surface area contributed by atoms with Gasteiger partial charge in [-0.3, -0.25) is 4.79 Å². The summed E-state index contributed by atoms with van der Waals surface area (Å²) in [5, 5.41) is 3.04. The predicted octanol–water partition coefficient (Wildman–Crippen LogP) is 7.45. The van der Waals surface area contributed by atoms with E-state index < -0.39 is 38.7 Å². The lowest BCUT2D eigenvalue weighted by Gasteiger charge is -2.64. The first-order valence-electron chi connectivity index (χ1n) is 16.4. The summed E-state index contributed by atoms with van der Waals surface area (Å²) in [5.74, 6) is 0.245. The molecular weight excluding hydrogens is 573 g/mol. The van der Waals surface area contributed by atoms with Gasteiger partial charge in [-0.1, -0.05) is 65.0 Å². The summed E-state index contributed by atoms with van der Waals surface area (Å²) in [6, 6.07) is 9.61. The van der Waals surface area contributed by atoms with E-state index in [0.717, 1.165) is 18.4 Å². The number of amides is 1. The van der Waals surface area contributed by atoms with Crippen LogP contribution in [0.25, 0.3) is 0 Å². The lowest BCUT2D eigenvalue weighted by Crippen LogP contribution is -2.65. The molecule has 0 spiro atoms. The SMILES string of the molecule is CC(C)(C)OC(=O)C[C@H](CC[C@H](NC(=O)OCc1ccccc1)B1O[C@@H]2C[C@@H]3C[C@@H](C3(C)C)[C@]2(C)O1)O[Si](C)(C)C(C)(C)C. The van der Waals surface area contributed by atoms with Crippen molar-refractivity contribution >= 4 is 27.5 Å². The van der Waals surface area contributed by atoms with Crippen LogP contribution in [0.5, 0.6) is 0 Å². The first-order chi connectivity index (χ1) is 20.2. The molecule has 6 atom stereocenters. The molecule has 1 N–H and O–H groups in total. The summed E-state index contributed by atoms with van der Waals surface area (Å²) < 4.78 is 31.5. The van der Waals surface area contributed by atoms with Crippen molar-refractivity contribution in [2.75, 3.05) is 0 Å². The molecule has 3 saturated carbocycles. The van der Waals surface area contributed by atoms with E-state index in [2.05, 4.69) is 60.0 Å². The lowest BCUT2D eigenvalue weighted by atomic mass is 9.43. The van der Waals surface area contributed by atoms with Gasteiger partial charge in [-0.15, -0.1) is 0 Å². The average molecular weight is 630 g/mol. The number of hydrogen-bond donors (Lipinski definition) is 1. The summed E-state index contributed by atoms with van der Waals surface area (Å²) in [4.78, 5) is 26.1. The number of benzene rings is 1. The molecule has 1 aromatic carbocycles. The molecule has 1 saturated heterocycles. The van der Waals surface area contributed by atoms with Crippen LogP contribution in [0.1, 0.15) is 100.0 Å². The molecule has 1 amide bonds. The van der Waals surface area contributed by atoms with E-state index in [-0.39, 0.29) is 41.7 Å². The highest BCUT2D eigenvalue weighted by Crippen LogP contribution is 2.65. The number of ether oxygens (including phenoxy) is 2. The fraction of sp³-hybridized carbons (Fsp3) is 0.765. The predicted molar refractivity (Wildman–Crippen MR) is 175 cm³/mol. The van der Waals surface area contributed by atoms with Gasteiger partial charge in [0.2, 0.25) is 0 Å². The van der Waals surface area contributed by atoms with Crippen LogP contribution in [-0.2, 0) is 34.6 Å². The number of esters is 1. The Morgan fingerprint density at radius 1 is 1.05 bits per heavy atom. The second kappa shape index (κ2) is 12.7. The Kier molecular flexibility index (Phi) is 10.1. The topological polar surface area (TPSA) is 92.3 Å². The van der Waals surface area contributed by atoms with E-state index >= 15 is 0 Å². The van der Waals surface area contributed by atoms with Crippen LogP contribution in [0.3, 0.4) is 0 Å². The molecule has 1 aromatic rings. The number of rotatable bonds is 11. The summed E-state index contributed by atoms with van der Waals surface area (Å²) in [6.07, 6.45) is 2.34. The minimum absolute atomic E-state index is 0.0186. The summed E-state index contributed by atoms with van der Waals surface area (Å²) >= 11 is 0. The van der Waals surface area contributed by atoms with Gasteiger partial charge in [0.15, 0.2) is 8.32 Å². The molecule has 3 aliphatic carbocycles. The van der Waals surface area contributed by atoms with Gasteiger partial charge < -0.3 is 28.5 Å². The maximum absolute atomic E-state index is 13.1. The minimum Gasteiger partial charge on any atom is -0.460 e. The summed E-state index contributed by atoms with van der Waals surface area (Å²) in [5.41, 5.74) is 0.117. The van der Waals surface area contributed by atoms with Crippen molar-refractivity contribution in [3.8, 4) is 0 Å². The van der Waals surface area contributed by atoms with Crippen molar-refractivity contribution in [2.24, 2.45) is 17.3 Å². The number of hydrogen-bond acceptors (Lipinski definition) is 7. The second-order valence-corrected chi connectivity index (χ2v) is 21.3. The quantitative estimate of drug-likeness (QED) is 0.201. The van der Waals surface area contributed by atoms with Crippen LogP contribution >= 0.6 is 0 Å². The van der Waals surface area contributed by atoms with Crippen LogP contribution in [0.2, 0.25) is 18.1 Å². The maximum Gasteiger partial charge on any atom is 0.481 e. The van der Waals surface area contributed by atoms with E-state index in [1.165, 1.54) is 0 Å². The summed E-state index contributed by atoms with van der Waals surface area (Å²) in [6.45, 7) is 23.6. The highest BCUT2D eigenvalue weighted by atomic mass is 28.4. The monoisotopic (exact) mass is 629 g/mol. The van der Waals surface area contributed by atoms with E-state index in [1.54, 1.807) is 0 Å². The molecule has 5 rings (SSSR count). The van der Waals surface area contributed by atoms with Gasteiger partial charge in [-0.2, -0.15) is 0 Å². The van der Waals surface area contributed by atoms with Crippen LogP contribution < -0.4 is 5.32 Å². The minimum atomic E-state index is -2.22. The molecule has 10 heteroatoms. The molecule has 0 unspecified atom stereocenters. The standard InChI is InChI=1S/C34H56BNO7Si/c1-31(2,3)40-29(37)21-25(42-44(10,11)32(4,5)6)17-18-28(36-30(38)39-22-23-15-13-12-14-16-23)35-41-27-20-24-19-26(33(24,7)8)34(27,9)43-35/h12-16,24-28H,17-22H2,1-11H3,(H,36,38)/t24-,25-,26-,27+,28-,34-/m0/s1. The Morgan fingerprint density at radius 2 is 1.70 bits per heavy atom. The number of carbonyl (C=O) groups is 2. The van der Waals surface area contributed by atoms with Crippen LogP contribution in [-0.4, -0.2) is 56.8 Å². The van der Waals surface area contributed by atoms with Crippen molar-refractivity contribution in [3.05, 3.63) is 35.9 Å².